The molecule has 0 saturated carbocycles. The molecular weight excluding hydrogens is 314 g/mol. The number of benzene rings is 1. The van der Waals surface area contributed by atoms with Crippen molar-refractivity contribution in [2.24, 2.45) is 7.05 Å². The molecule has 1 aromatic carbocycles. The van der Waals surface area contributed by atoms with Crippen LogP contribution in [0.15, 0.2) is 28.7 Å². The third kappa shape index (κ3) is 2.70. The SMILES string of the molecule is CCc1nn(C)c(CNc2ccccc2Cl)c1Br. The van der Waals surface area contributed by atoms with Crippen LogP contribution in [0.1, 0.15) is 18.3 Å². The largest absolute Gasteiger partial charge is 0.378 e. The standard InChI is InChI=1S/C13H15BrClN3/c1-3-10-13(14)12(18(2)17-10)8-16-11-7-5-4-6-9(11)15/h4-7,16H,3,8H2,1-2H3. The van der Waals surface area contributed by atoms with E-state index in [4.69, 9.17) is 11.6 Å². The number of para-hydroxylation sites is 1. The second-order valence-electron chi connectivity index (χ2n) is 4.02. The normalized spacial score (nSPS) is 10.7. The van der Waals surface area contributed by atoms with Crippen molar-refractivity contribution in [2.45, 2.75) is 19.9 Å². The average molecular weight is 329 g/mol. The number of hydrogen-bond acceptors (Lipinski definition) is 2. The molecule has 0 aliphatic rings. The summed E-state index contributed by atoms with van der Waals surface area (Å²) in [5.74, 6) is 0. The predicted octanol–water partition coefficient (Wildman–Crippen LogP) is 4.01. The summed E-state index contributed by atoms with van der Waals surface area (Å²) in [4.78, 5) is 0. The Kier molecular flexibility index (Phi) is 4.30. The highest BCUT2D eigenvalue weighted by Crippen LogP contribution is 2.25. The Bertz CT molecular complexity index is 551. The molecule has 96 valence electrons. The Labute approximate surface area is 120 Å². The molecule has 0 aliphatic heterocycles. The highest BCUT2D eigenvalue weighted by Gasteiger charge is 2.12. The maximum atomic E-state index is 6.11. The summed E-state index contributed by atoms with van der Waals surface area (Å²) in [7, 11) is 1.95. The molecule has 18 heavy (non-hydrogen) atoms. The summed E-state index contributed by atoms with van der Waals surface area (Å²) in [6.07, 6.45) is 0.917. The quantitative estimate of drug-likeness (QED) is 0.919. The van der Waals surface area contributed by atoms with Crippen LogP contribution < -0.4 is 5.32 Å². The highest BCUT2D eigenvalue weighted by molar-refractivity contribution is 9.10. The van der Waals surface area contributed by atoms with Gasteiger partial charge in [-0.05, 0) is 34.5 Å². The molecule has 3 nitrogen and oxygen atoms in total. The molecule has 0 bridgehead atoms. The number of nitrogens with zero attached hydrogens (tertiary/aromatic N) is 2. The van der Waals surface area contributed by atoms with Gasteiger partial charge in [-0.1, -0.05) is 30.7 Å². The van der Waals surface area contributed by atoms with Gasteiger partial charge in [-0.25, -0.2) is 0 Å². The van der Waals surface area contributed by atoms with Gasteiger partial charge in [0.1, 0.15) is 0 Å². The van der Waals surface area contributed by atoms with Gasteiger partial charge in [0.05, 0.1) is 33.1 Å². The van der Waals surface area contributed by atoms with Gasteiger partial charge in [-0.3, -0.25) is 4.68 Å². The molecule has 0 spiro atoms. The summed E-state index contributed by atoms with van der Waals surface area (Å²) in [6.45, 7) is 2.78. The Morgan fingerprint density at radius 2 is 2.11 bits per heavy atom. The van der Waals surface area contributed by atoms with Gasteiger partial charge in [-0.15, -0.1) is 0 Å². The van der Waals surface area contributed by atoms with E-state index in [1.807, 2.05) is 36.0 Å². The van der Waals surface area contributed by atoms with Gasteiger partial charge >= 0.3 is 0 Å². The smallest absolute Gasteiger partial charge is 0.0767 e. The van der Waals surface area contributed by atoms with Gasteiger partial charge in [0.25, 0.3) is 0 Å². The average Bonchev–Trinajstić information content (AvgIpc) is 2.64. The van der Waals surface area contributed by atoms with Crippen molar-refractivity contribution in [3.05, 3.63) is 45.1 Å². The Balaban J connectivity index is 2.16. The van der Waals surface area contributed by atoms with Crippen LogP contribution in [0.4, 0.5) is 5.69 Å². The van der Waals surface area contributed by atoms with Gasteiger partial charge in [0.15, 0.2) is 0 Å². The molecule has 0 atom stereocenters. The maximum Gasteiger partial charge on any atom is 0.0767 e. The zero-order chi connectivity index (χ0) is 13.1. The first kappa shape index (κ1) is 13.4. The molecule has 1 N–H and O–H groups in total. The van der Waals surface area contributed by atoms with Crippen LogP contribution in [0.2, 0.25) is 5.02 Å². The van der Waals surface area contributed by atoms with Crippen LogP contribution in [0.25, 0.3) is 0 Å². The first-order chi connectivity index (χ1) is 8.63. The lowest BCUT2D eigenvalue weighted by atomic mass is 10.3. The number of halogens is 2. The molecular formula is C13H15BrClN3. The Hall–Kier alpha value is -1.000. The summed E-state index contributed by atoms with van der Waals surface area (Å²) in [5, 5.41) is 8.51. The number of anilines is 1. The number of aromatic nitrogens is 2. The lowest BCUT2D eigenvalue weighted by molar-refractivity contribution is 0.706. The number of rotatable bonds is 4. The van der Waals surface area contributed by atoms with Gasteiger partial charge in [0, 0.05) is 7.05 Å². The van der Waals surface area contributed by atoms with E-state index < -0.39 is 0 Å². The molecule has 0 unspecified atom stereocenters. The van der Waals surface area contributed by atoms with E-state index in [1.54, 1.807) is 0 Å². The minimum Gasteiger partial charge on any atom is -0.378 e. The Morgan fingerprint density at radius 1 is 1.39 bits per heavy atom. The van der Waals surface area contributed by atoms with Crippen LogP contribution in [-0.4, -0.2) is 9.78 Å². The molecule has 2 aromatic rings. The van der Waals surface area contributed by atoms with E-state index in [-0.39, 0.29) is 0 Å². The molecule has 0 amide bonds. The van der Waals surface area contributed by atoms with E-state index in [0.717, 1.165) is 33.0 Å². The lowest BCUT2D eigenvalue weighted by Gasteiger charge is -2.08. The third-order valence-electron chi connectivity index (χ3n) is 2.82. The van der Waals surface area contributed by atoms with Crippen molar-refractivity contribution < 1.29 is 0 Å². The molecule has 2 rings (SSSR count). The van der Waals surface area contributed by atoms with Crippen LogP contribution in [0, 0.1) is 0 Å². The van der Waals surface area contributed by atoms with E-state index in [9.17, 15) is 0 Å². The second kappa shape index (κ2) is 5.76. The van der Waals surface area contributed by atoms with Gasteiger partial charge in [0.2, 0.25) is 0 Å². The fourth-order valence-corrected chi connectivity index (χ4v) is 2.75. The first-order valence-corrected chi connectivity index (χ1v) is 6.99. The van der Waals surface area contributed by atoms with Crippen molar-refractivity contribution in [3.63, 3.8) is 0 Å². The zero-order valence-corrected chi connectivity index (χ0v) is 12.7. The molecule has 0 saturated heterocycles. The Morgan fingerprint density at radius 3 is 2.72 bits per heavy atom. The minimum absolute atomic E-state index is 0.688. The zero-order valence-electron chi connectivity index (χ0n) is 10.4. The summed E-state index contributed by atoms with van der Waals surface area (Å²) < 4.78 is 2.97. The van der Waals surface area contributed by atoms with Gasteiger partial charge in [-0.2, -0.15) is 5.10 Å². The molecule has 1 heterocycles. The minimum atomic E-state index is 0.688. The van der Waals surface area contributed by atoms with Crippen molar-refractivity contribution in [2.75, 3.05) is 5.32 Å². The fraction of sp³-hybridized carbons (Fsp3) is 0.308. The number of nitrogens with one attached hydrogen (secondary N) is 1. The topological polar surface area (TPSA) is 29.9 Å². The van der Waals surface area contributed by atoms with Crippen molar-refractivity contribution in [3.8, 4) is 0 Å². The van der Waals surface area contributed by atoms with E-state index in [1.165, 1.54) is 0 Å². The van der Waals surface area contributed by atoms with E-state index in [0.29, 0.717) is 6.54 Å². The fourth-order valence-electron chi connectivity index (χ4n) is 1.80. The van der Waals surface area contributed by atoms with Crippen LogP contribution in [0.3, 0.4) is 0 Å². The third-order valence-corrected chi connectivity index (χ3v) is 4.07. The monoisotopic (exact) mass is 327 g/mol. The maximum absolute atomic E-state index is 6.11. The number of hydrogen-bond donors (Lipinski definition) is 1. The van der Waals surface area contributed by atoms with Crippen molar-refractivity contribution in [1.82, 2.24) is 9.78 Å². The molecule has 0 aliphatic carbocycles. The highest BCUT2D eigenvalue weighted by atomic mass is 79.9. The van der Waals surface area contributed by atoms with E-state index >= 15 is 0 Å². The molecule has 0 fully saturated rings. The second-order valence-corrected chi connectivity index (χ2v) is 5.22. The molecule has 5 heteroatoms. The molecule has 1 aromatic heterocycles. The lowest BCUT2D eigenvalue weighted by Crippen LogP contribution is -2.06. The predicted molar refractivity (Wildman–Crippen MR) is 79.1 cm³/mol. The summed E-state index contributed by atoms with van der Waals surface area (Å²) >= 11 is 9.70. The van der Waals surface area contributed by atoms with Crippen molar-refractivity contribution in [1.29, 1.82) is 0 Å². The molecule has 0 radical (unpaired) electrons. The summed E-state index contributed by atoms with van der Waals surface area (Å²) in [5.41, 5.74) is 3.13. The number of aryl methyl sites for hydroxylation is 2. The van der Waals surface area contributed by atoms with Gasteiger partial charge < -0.3 is 5.32 Å². The first-order valence-electron chi connectivity index (χ1n) is 5.82. The van der Waals surface area contributed by atoms with Crippen LogP contribution in [0.5, 0.6) is 0 Å². The van der Waals surface area contributed by atoms with Crippen molar-refractivity contribution >= 4 is 33.2 Å². The van der Waals surface area contributed by atoms with E-state index in [2.05, 4.69) is 33.3 Å². The van der Waals surface area contributed by atoms with Crippen LogP contribution in [-0.2, 0) is 20.0 Å². The van der Waals surface area contributed by atoms with Crippen LogP contribution >= 0.6 is 27.5 Å². The summed E-state index contributed by atoms with van der Waals surface area (Å²) in [6, 6.07) is 7.72.